The maximum absolute atomic E-state index is 13.1. The molecule has 0 saturated carbocycles. The van der Waals surface area contributed by atoms with Crippen molar-refractivity contribution in [1.82, 2.24) is 4.90 Å². The third kappa shape index (κ3) is 4.07. The minimum absolute atomic E-state index is 0.0957. The molecule has 1 fully saturated rings. The van der Waals surface area contributed by atoms with Gasteiger partial charge in [-0.15, -0.1) is 0 Å². The van der Waals surface area contributed by atoms with Gasteiger partial charge >= 0.3 is 0 Å². The molecule has 1 aliphatic rings. The van der Waals surface area contributed by atoms with Crippen molar-refractivity contribution in [3.05, 3.63) is 71.5 Å². The van der Waals surface area contributed by atoms with Crippen LogP contribution in [0.3, 0.4) is 0 Å². The number of halogens is 1. The van der Waals surface area contributed by atoms with Gasteiger partial charge in [-0.2, -0.15) is 0 Å². The molecule has 0 aromatic heterocycles. The van der Waals surface area contributed by atoms with E-state index < -0.39 is 0 Å². The first-order valence-electron chi connectivity index (χ1n) is 8.75. The molecule has 1 heterocycles. The highest BCUT2D eigenvalue weighted by molar-refractivity contribution is 5.83. The van der Waals surface area contributed by atoms with Crippen molar-refractivity contribution in [2.45, 2.75) is 37.8 Å². The number of carbonyl (C=O) groups excluding carboxylic acids is 1. The zero-order valence-electron chi connectivity index (χ0n) is 14.7. The molecule has 2 aromatic rings. The van der Waals surface area contributed by atoms with Gasteiger partial charge in [0.05, 0.1) is 12.0 Å². The standard InChI is InChI=1S/C21H24FNO2/c1-15(16-6-4-3-5-7-16)21(24)23(2)19-12-13-25-20(14-19)17-8-10-18(22)11-9-17/h3-11,15,19-20H,12-14H2,1-2H3/t15-,19?,20?/m1/s1. The van der Waals surface area contributed by atoms with Crippen molar-refractivity contribution < 1.29 is 13.9 Å². The molecule has 2 aromatic carbocycles. The fourth-order valence-electron chi connectivity index (χ4n) is 3.41. The van der Waals surface area contributed by atoms with Gasteiger partial charge in [0, 0.05) is 19.7 Å². The lowest BCUT2D eigenvalue weighted by molar-refractivity contribution is -0.136. The number of nitrogens with zero attached hydrogens (tertiary/aromatic N) is 1. The largest absolute Gasteiger partial charge is 0.373 e. The SMILES string of the molecule is C[C@@H](C(=O)N(C)C1CCOC(c2ccc(F)cc2)C1)c1ccccc1. The predicted octanol–water partition coefficient (Wildman–Crippen LogP) is 4.31. The molecule has 1 aliphatic heterocycles. The van der Waals surface area contributed by atoms with Crippen LogP contribution in [0.2, 0.25) is 0 Å². The minimum atomic E-state index is -0.250. The predicted molar refractivity (Wildman–Crippen MR) is 95.7 cm³/mol. The molecule has 132 valence electrons. The third-order valence-corrected chi connectivity index (χ3v) is 5.06. The summed E-state index contributed by atoms with van der Waals surface area (Å²) in [5.74, 6) is -0.297. The summed E-state index contributed by atoms with van der Waals surface area (Å²) >= 11 is 0. The molecule has 25 heavy (non-hydrogen) atoms. The number of carbonyl (C=O) groups is 1. The Kier molecular flexibility index (Phi) is 5.49. The monoisotopic (exact) mass is 341 g/mol. The fourth-order valence-corrected chi connectivity index (χ4v) is 3.41. The van der Waals surface area contributed by atoms with Gasteiger partial charge in [-0.05, 0) is 43.0 Å². The summed E-state index contributed by atoms with van der Waals surface area (Å²) in [6, 6.07) is 16.4. The maximum Gasteiger partial charge on any atom is 0.229 e. The van der Waals surface area contributed by atoms with Crippen LogP contribution < -0.4 is 0 Å². The Labute approximate surface area is 148 Å². The summed E-state index contributed by atoms with van der Waals surface area (Å²) in [5.41, 5.74) is 1.99. The van der Waals surface area contributed by atoms with Crippen molar-refractivity contribution in [3.8, 4) is 0 Å². The molecule has 4 heteroatoms. The topological polar surface area (TPSA) is 29.5 Å². The molecular weight excluding hydrogens is 317 g/mol. The van der Waals surface area contributed by atoms with E-state index in [-0.39, 0.29) is 29.8 Å². The van der Waals surface area contributed by atoms with Crippen LogP contribution in [0.15, 0.2) is 54.6 Å². The molecule has 0 bridgehead atoms. The van der Waals surface area contributed by atoms with E-state index >= 15 is 0 Å². The lowest BCUT2D eigenvalue weighted by atomic mass is 9.94. The molecule has 0 N–H and O–H groups in total. The van der Waals surface area contributed by atoms with Crippen LogP contribution >= 0.6 is 0 Å². The zero-order chi connectivity index (χ0) is 17.8. The average Bonchev–Trinajstić information content (AvgIpc) is 2.67. The van der Waals surface area contributed by atoms with Crippen LogP contribution in [0.25, 0.3) is 0 Å². The highest BCUT2D eigenvalue weighted by Crippen LogP contribution is 2.31. The second kappa shape index (κ2) is 7.79. The van der Waals surface area contributed by atoms with E-state index in [0.29, 0.717) is 6.61 Å². The van der Waals surface area contributed by atoms with Crippen LogP contribution in [-0.2, 0) is 9.53 Å². The molecule has 3 atom stereocenters. The second-order valence-corrected chi connectivity index (χ2v) is 6.67. The highest BCUT2D eigenvalue weighted by Gasteiger charge is 2.31. The fraction of sp³-hybridized carbons (Fsp3) is 0.381. The number of hydrogen-bond donors (Lipinski definition) is 0. The molecule has 0 radical (unpaired) electrons. The van der Waals surface area contributed by atoms with Gasteiger partial charge in [-0.25, -0.2) is 4.39 Å². The molecule has 3 nitrogen and oxygen atoms in total. The van der Waals surface area contributed by atoms with E-state index in [1.54, 1.807) is 12.1 Å². The molecular formula is C21H24FNO2. The maximum atomic E-state index is 13.1. The van der Waals surface area contributed by atoms with Gasteiger partial charge in [0.1, 0.15) is 5.82 Å². The summed E-state index contributed by atoms with van der Waals surface area (Å²) in [6.45, 7) is 2.55. The lowest BCUT2D eigenvalue weighted by Crippen LogP contribution is -2.43. The number of rotatable bonds is 4. The number of amides is 1. The Hall–Kier alpha value is -2.20. The quantitative estimate of drug-likeness (QED) is 0.829. The van der Waals surface area contributed by atoms with Crippen molar-refractivity contribution in [2.75, 3.05) is 13.7 Å². The number of hydrogen-bond acceptors (Lipinski definition) is 2. The van der Waals surface area contributed by atoms with Gasteiger partial charge in [0.15, 0.2) is 0 Å². The van der Waals surface area contributed by atoms with Crippen LogP contribution in [0.4, 0.5) is 4.39 Å². The van der Waals surface area contributed by atoms with Crippen LogP contribution in [0.5, 0.6) is 0 Å². The summed E-state index contributed by atoms with van der Waals surface area (Å²) in [5, 5.41) is 0. The second-order valence-electron chi connectivity index (χ2n) is 6.67. The molecule has 2 unspecified atom stereocenters. The van der Waals surface area contributed by atoms with E-state index in [2.05, 4.69) is 0 Å². The van der Waals surface area contributed by atoms with Crippen LogP contribution in [-0.4, -0.2) is 30.5 Å². The van der Waals surface area contributed by atoms with E-state index in [9.17, 15) is 9.18 Å². The Morgan fingerprint density at radius 2 is 1.84 bits per heavy atom. The normalized spacial score (nSPS) is 21.6. The highest BCUT2D eigenvalue weighted by atomic mass is 19.1. The average molecular weight is 341 g/mol. The van der Waals surface area contributed by atoms with E-state index in [1.165, 1.54) is 12.1 Å². The summed E-state index contributed by atoms with van der Waals surface area (Å²) < 4.78 is 19.0. The van der Waals surface area contributed by atoms with E-state index in [1.807, 2.05) is 49.2 Å². The first-order valence-corrected chi connectivity index (χ1v) is 8.75. The number of benzene rings is 2. The molecule has 0 aliphatic carbocycles. The van der Waals surface area contributed by atoms with Crippen LogP contribution in [0, 0.1) is 5.82 Å². The van der Waals surface area contributed by atoms with Gasteiger partial charge in [-0.1, -0.05) is 42.5 Å². The lowest BCUT2D eigenvalue weighted by Gasteiger charge is -2.36. The number of ether oxygens (including phenoxy) is 1. The van der Waals surface area contributed by atoms with Gasteiger partial charge < -0.3 is 9.64 Å². The third-order valence-electron chi connectivity index (χ3n) is 5.06. The Morgan fingerprint density at radius 1 is 1.16 bits per heavy atom. The Bertz CT molecular complexity index is 702. The Morgan fingerprint density at radius 3 is 2.52 bits per heavy atom. The van der Waals surface area contributed by atoms with E-state index in [4.69, 9.17) is 4.74 Å². The van der Waals surface area contributed by atoms with Crippen molar-refractivity contribution in [2.24, 2.45) is 0 Å². The smallest absolute Gasteiger partial charge is 0.229 e. The molecule has 1 amide bonds. The first-order chi connectivity index (χ1) is 12.1. The zero-order valence-corrected chi connectivity index (χ0v) is 14.7. The van der Waals surface area contributed by atoms with Crippen LogP contribution in [0.1, 0.15) is 42.9 Å². The van der Waals surface area contributed by atoms with Gasteiger partial charge in [0.2, 0.25) is 5.91 Å². The Balaban J connectivity index is 1.68. The first kappa shape index (κ1) is 17.6. The van der Waals surface area contributed by atoms with E-state index in [0.717, 1.165) is 24.0 Å². The molecule has 0 spiro atoms. The van der Waals surface area contributed by atoms with Crippen molar-refractivity contribution in [1.29, 1.82) is 0 Å². The molecule has 1 saturated heterocycles. The number of likely N-dealkylation sites (N-methyl/N-ethyl adjacent to an activating group) is 1. The summed E-state index contributed by atoms with van der Waals surface area (Å²) in [6.07, 6.45) is 1.46. The minimum Gasteiger partial charge on any atom is -0.373 e. The van der Waals surface area contributed by atoms with Gasteiger partial charge in [-0.3, -0.25) is 4.79 Å². The van der Waals surface area contributed by atoms with Crippen molar-refractivity contribution >= 4 is 5.91 Å². The summed E-state index contributed by atoms with van der Waals surface area (Å²) in [4.78, 5) is 14.7. The molecule has 3 rings (SSSR count). The summed E-state index contributed by atoms with van der Waals surface area (Å²) in [7, 11) is 1.87. The van der Waals surface area contributed by atoms with Gasteiger partial charge in [0.25, 0.3) is 0 Å². The van der Waals surface area contributed by atoms with Crippen molar-refractivity contribution in [3.63, 3.8) is 0 Å².